The van der Waals surface area contributed by atoms with Gasteiger partial charge in [0.2, 0.25) is 0 Å². The zero-order valence-corrected chi connectivity index (χ0v) is 24.2. The SMILES string of the molecule is CCCC(c1nc2cc(N3CCC(c4ccccc4)(N(C)C)CC3)cnc2n1CC)N1CCCN(C)CC1. The van der Waals surface area contributed by atoms with Gasteiger partial charge in [0.25, 0.3) is 0 Å². The third kappa shape index (κ3) is 5.21. The first-order chi connectivity index (χ1) is 18.5. The number of rotatable bonds is 8. The van der Waals surface area contributed by atoms with Crippen LogP contribution in [0.1, 0.15) is 63.4 Å². The summed E-state index contributed by atoms with van der Waals surface area (Å²) in [6, 6.07) is 13.7. The van der Waals surface area contributed by atoms with Crippen LogP contribution in [0.15, 0.2) is 42.6 Å². The van der Waals surface area contributed by atoms with Crippen molar-refractivity contribution in [3.05, 3.63) is 54.0 Å². The summed E-state index contributed by atoms with van der Waals surface area (Å²) >= 11 is 0. The van der Waals surface area contributed by atoms with Crippen molar-refractivity contribution in [2.75, 3.05) is 65.3 Å². The van der Waals surface area contributed by atoms with Crippen molar-refractivity contribution in [1.29, 1.82) is 0 Å². The van der Waals surface area contributed by atoms with Gasteiger partial charge in [0.15, 0.2) is 5.65 Å². The van der Waals surface area contributed by atoms with Gasteiger partial charge in [-0.3, -0.25) is 9.80 Å². The summed E-state index contributed by atoms with van der Waals surface area (Å²) in [5.41, 5.74) is 4.78. The zero-order valence-electron chi connectivity index (χ0n) is 24.2. The smallest absolute Gasteiger partial charge is 0.160 e. The molecule has 5 rings (SSSR count). The van der Waals surface area contributed by atoms with Gasteiger partial charge in [-0.2, -0.15) is 0 Å². The summed E-state index contributed by atoms with van der Waals surface area (Å²) < 4.78 is 2.37. The van der Waals surface area contributed by atoms with Gasteiger partial charge < -0.3 is 14.4 Å². The molecule has 0 saturated carbocycles. The largest absolute Gasteiger partial charge is 0.370 e. The molecule has 2 saturated heterocycles. The Hall–Kier alpha value is -2.48. The molecule has 1 atom stereocenters. The Morgan fingerprint density at radius 1 is 0.974 bits per heavy atom. The monoisotopic (exact) mass is 517 g/mol. The Kier molecular flexibility index (Phi) is 8.36. The van der Waals surface area contributed by atoms with Crippen LogP contribution in [0.3, 0.4) is 0 Å². The number of aryl methyl sites for hydroxylation is 1. The molecule has 0 radical (unpaired) electrons. The highest BCUT2D eigenvalue weighted by Gasteiger charge is 2.38. The second kappa shape index (κ2) is 11.7. The number of aromatic nitrogens is 3. The molecule has 38 heavy (non-hydrogen) atoms. The van der Waals surface area contributed by atoms with Crippen LogP contribution in [0.2, 0.25) is 0 Å². The molecule has 0 amide bonds. The van der Waals surface area contributed by atoms with Crippen LogP contribution >= 0.6 is 0 Å². The van der Waals surface area contributed by atoms with Crippen molar-refractivity contribution >= 4 is 16.9 Å². The van der Waals surface area contributed by atoms with Crippen molar-refractivity contribution in [1.82, 2.24) is 29.2 Å². The molecule has 7 heteroatoms. The summed E-state index contributed by atoms with van der Waals surface area (Å²) in [6.07, 6.45) is 7.79. The van der Waals surface area contributed by atoms with Crippen LogP contribution in [-0.4, -0.2) is 89.6 Å². The highest BCUT2D eigenvalue weighted by molar-refractivity contribution is 5.76. The maximum atomic E-state index is 5.30. The molecule has 0 N–H and O–H groups in total. The Balaban J connectivity index is 1.41. The molecule has 1 aromatic carbocycles. The van der Waals surface area contributed by atoms with Crippen LogP contribution < -0.4 is 4.90 Å². The van der Waals surface area contributed by atoms with Gasteiger partial charge in [-0.15, -0.1) is 0 Å². The predicted octanol–water partition coefficient (Wildman–Crippen LogP) is 4.99. The number of imidazole rings is 1. The minimum Gasteiger partial charge on any atom is -0.370 e. The molecule has 2 aliphatic heterocycles. The number of nitrogens with zero attached hydrogens (tertiary/aromatic N) is 7. The van der Waals surface area contributed by atoms with E-state index < -0.39 is 0 Å². The van der Waals surface area contributed by atoms with E-state index in [9.17, 15) is 0 Å². The zero-order chi connectivity index (χ0) is 26.7. The number of piperidine rings is 1. The predicted molar refractivity (Wildman–Crippen MR) is 158 cm³/mol. The van der Waals surface area contributed by atoms with E-state index in [0.29, 0.717) is 6.04 Å². The minimum absolute atomic E-state index is 0.0842. The van der Waals surface area contributed by atoms with Crippen LogP contribution in [0, 0.1) is 0 Å². The average molecular weight is 518 g/mol. The summed E-state index contributed by atoms with van der Waals surface area (Å²) in [5, 5.41) is 0. The third-order valence-corrected chi connectivity index (χ3v) is 9.09. The van der Waals surface area contributed by atoms with Crippen LogP contribution in [0.25, 0.3) is 11.2 Å². The van der Waals surface area contributed by atoms with Gasteiger partial charge in [-0.05, 0) is 71.9 Å². The first-order valence-electron chi connectivity index (χ1n) is 14.7. The van der Waals surface area contributed by atoms with Crippen molar-refractivity contribution in [3.63, 3.8) is 0 Å². The molecule has 206 valence electrons. The van der Waals surface area contributed by atoms with Gasteiger partial charge in [0.05, 0.1) is 17.9 Å². The molecule has 4 heterocycles. The number of pyridine rings is 1. The first-order valence-corrected chi connectivity index (χ1v) is 14.7. The number of anilines is 1. The number of hydrogen-bond acceptors (Lipinski definition) is 6. The lowest BCUT2D eigenvalue weighted by molar-refractivity contribution is 0.115. The highest BCUT2D eigenvalue weighted by atomic mass is 15.3. The second-order valence-electron chi connectivity index (χ2n) is 11.5. The van der Waals surface area contributed by atoms with E-state index in [1.165, 1.54) is 30.0 Å². The molecule has 3 aromatic rings. The van der Waals surface area contributed by atoms with Crippen molar-refractivity contribution in [2.24, 2.45) is 0 Å². The highest BCUT2D eigenvalue weighted by Crippen LogP contribution is 2.39. The van der Waals surface area contributed by atoms with Gasteiger partial charge in [-0.1, -0.05) is 43.7 Å². The lowest BCUT2D eigenvalue weighted by atomic mass is 9.79. The summed E-state index contributed by atoms with van der Waals surface area (Å²) in [6.45, 7) is 12.0. The van der Waals surface area contributed by atoms with Gasteiger partial charge in [-0.25, -0.2) is 9.97 Å². The Morgan fingerprint density at radius 2 is 1.74 bits per heavy atom. The number of benzene rings is 1. The molecule has 0 aliphatic carbocycles. The van der Waals surface area contributed by atoms with Gasteiger partial charge in [0, 0.05) is 44.8 Å². The van der Waals surface area contributed by atoms with Crippen LogP contribution in [-0.2, 0) is 12.1 Å². The van der Waals surface area contributed by atoms with Gasteiger partial charge in [0.1, 0.15) is 11.3 Å². The molecule has 2 fully saturated rings. The Labute approximate surface area is 229 Å². The second-order valence-corrected chi connectivity index (χ2v) is 11.5. The van der Waals surface area contributed by atoms with Crippen molar-refractivity contribution in [2.45, 2.75) is 64.1 Å². The molecule has 0 spiro atoms. The Bertz CT molecular complexity index is 1180. The number of fused-ring (bicyclic) bond motifs is 1. The average Bonchev–Trinajstić information content (AvgIpc) is 3.17. The van der Waals surface area contributed by atoms with Crippen molar-refractivity contribution < 1.29 is 0 Å². The Morgan fingerprint density at radius 3 is 2.42 bits per heavy atom. The number of hydrogen-bond donors (Lipinski definition) is 0. The fourth-order valence-electron chi connectivity index (χ4n) is 6.76. The molecule has 2 aromatic heterocycles. The van der Waals surface area contributed by atoms with Crippen LogP contribution in [0.5, 0.6) is 0 Å². The van der Waals surface area contributed by atoms with E-state index in [4.69, 9.17) is 9.97 Å². The maximum Gasteiger partial charge on any atom is 0.160 e. The standard InChI is InChI=1S/C31H47N7/c1-6-12-28(37-18-11-17-35(5)21-22-37)30-33-27-23-26(24-32-29(27)38(30)7-2)36-19-15-31(16-20-36,34(3)4)25-13-9-8-10-14-25/h8-10,13-14,23-24,28H,6-7,11-12,15-22H2,1-5H3. The molecule has 0 bridgehead atoms. The molecule has 2 aliphatic rings. The fourth-order valence-corrected chi connectivity index (χ4v) is 6.76. The maximum absolute atomic E-state index is 5.30. The summed E-state index contributed by atoms with van der Waals surface area (Å²) in [4.78, 5) is 20.4. The van der Waals surface area contributed by atoms with Crippen LogP contribution in [0.4, 0.5) is 5.69 Å². The number of likely N-dealkylation sites (N-methyl/N-ethyl adjacent to an activating group) is 1. The van der Waals surface area contributed by atoms with E-state index in [1.54, 1.807) is 0 Å². The van der Waals surface area contributed by atoms with E-state index in [-0.39, 0.29) is 5.54 Å². The fraction of sp³-hybridized carbons (Fsp3) is 0.613. The van der Waals surface area contributed by atoms with E-state index in [0.717, 1.165) is 76.1 Å². The summed E-state index contributed by atoms with van der Waals surface area (Å²) in [7, 11) is 6.70. The normalized spacial score (nSPS) is 20.2. The first kappa shape index (κ1) is 27.1. The van der Waals surface area contributed by atoms with E-state index >= 15 is 0 Å². The lowest BCUT2D eigenvalue weighted by Crippen LogP contribution is -2.50. The third-order valence-electron chi connectivity index (χ3n) is 9.09. The van der Waals surface area contributed by atoms with E-state index in [1.807, 2.05) is 0 Å². The molecular formula is C31H47N7. The molecular weight excluding hydrogens is 470 g/mol. The quantitative estimate of drug-likeness (QED) is 0.420. The van der Waals surface area contributed by atoms with Gasteiger partial charge >= 0.3 is 0 Å². The van der Waals surface area contributed by atoms with E-state index in [2.05, 4.69) is 102 Å². The topological polar surface area (TPSA) is 43.7 Å². The lowest BCUT2D eigenvalue weighted by Gasteiger charge is -2.47. The summed E-state index contributed by atoms with van der Waals surface area (Å²) in [5.74, 6) is 1.20. The van der Waals surface area contributed by atoms with Crippen molar-refractivity contribution in [3.8, 4) is 0 Å². The minimum atomic E-state index is 0.0842. The molecule has 7 nitrogen and oxygen atoms in total. The molecule has 1 unspecified atom stereocenters.